The van der Waals surface area contributed by atoms with E-state index in [1.165, 1.54) is 6.20 Å². The van der Waals surface area contributed by atoms with Crippen molar-refractivity contribution in [3.05, 3.63) is 78.1 Å². The molecule has 0 atom stereocenters. The van der Waals surface area contributed by atoms with Crippen molar-refractivity contribution in [3.8, 4) is 0 Å². The summed E-state index contributed by atoms with van der Waals surface area (Å²) in [6.07, 6.45) is 3.22. The summed E-state index contributed by atoms with van der Waals surface area (Å²) >= 11 is 0. The minimum atomic E-state index is -5.71. The summed E-state index contributed by atoms with van der Waals surface area (Å²) in [7, 11) is -5.71. The van der Waals surface area contributed by atoms with Crippen LogP contribution < -0.4 is 5.32 Å². The zero-order chi connectivity index (χ0) is 20.4. The van der Waals surface area contributed by atoms with Gasteiger partial charge in [0.25, 0.3) is 9.84 Å². The Labute approximate surface area is 158 Å². The van der Waals surface area contributed by atoms with Gasteiger partial charge < -0.3 is 9.88 Å². The molecule has 0 fully saturated rings. The first-order chi connectivity index (χ1) is 13.2. The normalized spacial score (nSPS) is 12.1. The van der Waals surface area contributed by atoms with Crippen LogP contribution in [0.25, 0.3) is 0 Å². The zero-order valence-electron chi connectivity index (χ0n) is 14.3. The van der Waals surface area contributed by atoms with E-state index in [0.29, 0.717) is 18.4 Å². The first-order valence-corrected chi connectivity index (χ1v) is 9.55. The number of hydrogen-bond donors (Lipinski definition) is 1. The maximum Gasteiger partial charge on any atom is 0.501 e. The maximum absolute atomic E-state index is 13.4. The molecule has 0 aliphatic carbocycles. The monoisotopic (exact) mass is 413 g/mol. The quantitative estimate of drug-likeness (QED) is 0.621. The van der Waals surface area contributed by atoms with Gasteiger partial charge in [0.2, 0.25) is 0 Å². The lowest BCUT2D eigenvalue weighted by Crippen LogP contribution is -2.24. The molecule has 0 amide bonds. The van der Waals surface area contributed by atoms with Crippen molar-refractivity contribution < 1.29 is 26.0 Å². The largest absolute Gasteiger partial charge is 0.501 e. The van der Waals surface area contributed by atoms with Gasteiger partial charge in [-0.25, -0.2) is 17.8 Å². The lowest BCUT2D eigenvalue weighted by molar-refractivity contribution is -0.0435. The van der Waals surface area contributed by atoms with Crippen molar-refractivity contribution in [1.29, 1.82) is 0 Å². The molecule has 0 saturated carbocycles. The molecule has 2 aromatic carbocycles. The smallest absolute Gasteiger partial charge is 0.377 e. The van der Waals surface area contributed by atoms with E-state index in [2.05, 4.69) is 10.3 Å². The van der Waals surface area contributed by atoms with Crippen LogP contribution in [0.2, 0.25) is 0 Å². The van der Waals surface area contributed by atoms with Crippen molar-refractivity contribution in [1.82, 2.24) is 9.55 Å². The minimum absolute atomic E-state index is 0.0498. The molecule has 0 unspecified atom stereocenters. The molecule has 0 saturated heterocycles. The summed E-state index contributed by atoms with van der Waals surface area (Å²) in [5.74, 6) is -0.609. The molecule has 3 rings (SSSR count). The van der Waals surface area contributed by atoms with E-state index in [0.717, 1.165) is 17.7 Å². The second kappa shape index (κ2) is 7.63. The van der Waals surface area contributed by atoms with Crippen molar-refractivity contribution in [2.45, 2.75) is 23.5 Å². The molecule has 0 aliphatic rings. The molecule has 0 spiro atoms. The third kappa shape index (κ3) is 4.16. The predicted molar refractivity (Wildman–Crippen MR) is 94.7 cm³/mol. The molecular weight excluding hydrogens is 398 g/mol. The summed E-state index contributed by atoms with van der Waals surface area (Å²) in [6, 6.07) is 11.6. The van der Waals surface area contributed by atoms with Crippen molar-refractivity contribution >= 4 is 15.5 Å². The molecule has 1 heterocycles. The second-order valence-electron chi connectivity index (χ2n) is 5.90. The van der Waals surface area contributed by atoms with Gasteiger partial charge >= 0.3 is 5.51 Å². The summed E-state index contributed by atoms with van der Waals surface area (Å²) in [5.41, 5.74) is -4.90. The van der Waals surface area contributed by atoms with E-state index < -0.39 is 26.1 Å². The number of anilines is 1. The van der Waals surface area contributed by atoms with Gasteiger partial charge in [0.15, 0.2) is 0 Å². The Morgan fingerprint density at radius 1 is 1.07 bits per heavy atom. The fourth-order valence-corrected chi connectivity index (χ4v) is 3.54. The standard InChI is InChI=1S/C18H15F4N3O2S/c19-14-6-7-15(16(10-14)28(26,27)18(20,21)22)24-11-17-23-8-9-25(17)12-13-4-2-1-3-5-13/h1-10,24H,11-12H2. The fourth-order valence-electron chi connectivity index (χ4n) is 2.59. The van der Waals surface area contributed by atoms with Crippen molar-refractivity contribution in [2.24, 2.45) is 0 Å². The van der Waals surface area contributed by atoms with Gasteiger partial charge in [0.1, 0.15) is 16.5 Å². The van der Waals surface area contributed by atoms with Crippen LogP contribution in [-0.2, 0) is 22.9 Å². The number of sulfone groups is 1. The SMILES string of the molecule is O=S(=O)(c1cc(F)ccc1NCc1nccn1Cc1ccccc1)C(F)(F)F. The number of benzene rings is 2. The molecule has 5 nitrogen and oxygen atoms in total. The molecule has 28 heavy (non-hydrogen) atoms. The summed E-state index contributed by atoms with van der Waals surface area (Å²) < 4.78 is 77.4. The number of nitrogens with one attached hydrogen (secondary N) is 1. The molecule has 1 aromatic heterocycles. The van der Waals surface area contributed by atoms with E-state index in [1.54, 1.807) is 10.8 Å². The first-order valence-electron chi connectivity index (χ1n) is 8.07. The van der Waals surface area contributed by atoms with Crippen molar-refractivity contribution in [2.75, 3.05) is 5.32 Å². The molecule has 10 heteroatoms. The van der Waals surface area contributed by atoms with Gasteiger partial charge in [0.05, 0.1) is 12.2 Å². The molecule has 148 valence electrons. The Bertz CT molecular complexity index is 1060. The fraction of sp³-hybridized carbons (Fsp3) is 0.167. The highest BCUT2D eigenvalue weighted by Gasteiger charge is 2.48. The number of halogens is 4. The number of aromatic nitrogens is 2. The third-order valence-corrected chi connectivity index (χ3v) is 5.50. The summed E-state index contributed by atoms with van der Waals surface area (Å²) in [6.45, 7) is 0.431. The van der Waals surface area contributed by atoms with Crippen molar-refractivity contribution in [3.63, 3.8) is 0 Å². The van der Waals surface area contributed by atoms with Gasteiger partial charge in [-0.1, -0.05) is 30.3 Å². The number of alkyl halides is 3. The Balaban J connectivity index is 1.84. The Morgan fingerprint density at radius 2 is 1.79 bits per heavy atom. The van der Waals surface area contributed by atoms with Crippen LogP contribution in [0.15, 0.2) is 65.8 Å². The molecule has 1 N–H and O–H groups in total. The van der Waals surface area contributed by atoms with E-state index >= 15 is 0 Å². The highest BCUT2D eigenvalue weighted by atomic mass is 32.2. The van der Waals surface area contributed by atoms with Crippen LogP contribution in [-0.4, -0.2) is 23.5 Å². The van der Waals surface area contributed by atoms with Crippen LogP contribution in [0.4, 0.5) is 23.2 Å². The van der Waals surface area contributed by atoms with Crippen LogP contribution >= 0.6 is 0 Å². The van der Waals surface area contributed by atoms with Gasteiger partial charge in [-0.2, -0.15) is 13.2 Å². The number of rotatable bonds is 6. The number of nitrogens with zero attached hydrogens (tertiary/aromatic N) is 2. The van der Waals surface area contributed by atoms with Gasteiger partial charge in [-0.05, 0) is 23.8 Å². The number of imidazole rings is 1. The van der Waals surface area contributed by atoms with Gasteiger partial charge in [-0.15, -0.1) is 0 Å². The molecule has 3 aromatic rings. The van der Waals surface area contributed by atoms with E-state index in [1.807, 2.05) is 30.3 Å². The first kappa shape index (κ1) is 19.9. The van der Waals surface area contributed by atoms with Crippen LogP contribution in [0.1, 0.15) is 11.4 Å². The Morgan fingerprint density at radius 3 is 2.46 bits per heavy atom. The zero-order valence-corrected chi connectivity index (χ0v) is 15.1. The van der Waals surface area contributed by atoms with Crippen LogP contribution in [0.5, 0.6) is 0 Å². The Kier molecular flexibility index (Phi) is 5.41. The van der Waals surface area contributed by atoms with E-state index in [9.17, 15) is 26.0 Å². The van der Waals surface area contributed by atoms with E-state index in [-0.39, 0.29) is 12.2 Å². The van der Waals surface area contributed by atoms with Crippen LogP contribution in [0.3, 0.4) is 0 Å². The lowest BCUT2D eigenvalue weighted by atomic mass is 10.2. The minimum Gasteiger partial charge on any atom is -0.377 e. The highest BCUT2D eigenvalue weighted by molar-refractivity contribution is 7.92. The third-order valence-electron chi connectivity index (χ3n) is 3.97. The summed E-state index contributed by atoms with van der Waals surface area (Å²) in [5, 5.41) is 2.62. The molecule has 0 aliphatic heterocycles. The topological polar surface area (TPSA) is 64.0 Å². The number of hydrogen-bond acceptors (Lipinski definition) is 4. The van der Waals surface area contributed by atoms with Crippen LogP contribution in [0, 0.1) is 5.82 Å². The molecule has 0 radical (unpaired) electrons. The average Bonchev–Trinajstić information content (AvgIpc) is 3.07. The predicted octanol–water partition coefficient (Wildman–Crippen LogP) is 3.98. The van der Waals surface area contributed by atoms with Gasteiger partial charge in [-0.3, -0.25) is 0 Å². The lowest BCUT2D eigenvalue weighted by Gasteiger charge is -2.15. The summed E-state index contributed by atoms with van der Waals surface area (Å²) in [4.78, 5) is 2.97. The highest BCUT2D eigenvalue weighted by Crippen LogP contribution is 2.35. The van der Waals surface area contributed by atoms with E-state index in [4.69, 9.17) is 0 Å². The average molecular weight is 413 g/mol. The molecule has 0 bridgehead atoms. The van der Waals surface area contributed by atoms with Gasteiger partial charge in [0, 0.05) is 18.9 Å². The second-order valence-corrected chi connectivity index (χ2v) is 7.81. The molecular formula is C18H15F4N3O2S. The maximum atomic E-state index is 13.4. The Hall–Kier alpha value is -2.88.